The fourth-order valence-corrected chi connectivity index (χ4v) is 2.05. The highest BCUT2D eigenvalue weighted by Crippen LogP contribution is 2.29. The molecule has 100 valence electrons. The Labute approximate surface area is 110 Å². The van der Waals surface area contributed by atoms with Crippen LogP contribution in [0.1, 0.15) is 37.9 Å². The zero-order valence-electron chi connectivity index (χ0n) is 10.1. The van der Waals surface area contributed by atoms with Gasteiger partial charge in [0.2, 0.25) is 0 Å². The smallest absolute Gasteiger partial charge is 0.309 e. The van der Waals surface area contributed by atoms with E-state index in [1.807, 2.05) is 6.92 Å². The van der Waals surface area contributed by atoms with Crippen LogP contribution in [0.15, 0.2) is 18.2 Å². The van der Waals surface area contributed by atoms with Gasteiger partial charge in [0, 0.05) is 5.02 Å². The van der Waals surface area contributed by atoms with Crippen LogP contribution in [-0.2, 0) is 4.79 Å². The molecule has 0 radical (unpaired) electrons. The molecule has 2 unspecified atom stereocenters. The number of carboxylic acid groups (broad SMARTS) is 1. The fourth-order valence-electron chi connectivity index (χ4n) is 1.82. The number of aliphatic hydroxyl groups excluding tert-OH is 1. The summed E-state index contributed by atoms with van der Waals surface area (Å²) in [4.78, 5) is 11.1. The first-order valence-corrected chi connectivity index (χ1v) is 6.20. The summed E-state index contributed by atoms with van der Waals surface area (Å²) in [5.74, 6) is -2.62. The van der Waals surface area contributed by atoms with Crippen LogP contribution < -0.4 is 0 Å². The molecule has 0 aromatic heterocycles. The molecule has 1 rings (SSSR count). The van der Waals surface area contributed by atoms with Crippen molar-refractivity contribution in [1.29, 1.82) is 0 Å². The molecule has 0 aliphatic heterocycles. The Morgan fingerprint density at radius 3 is 2.61 bits per heavy atom. The van der Waals surface area contributed by atoms with Crippen molar-refractivity contribution in [2.45, 2.75) is 32.3 Å². The van der Waals surface area contributed by atoms with Crippen LogP contribution in [0, 0.1) is 11.7 Å². The summed E-state index contributed by atoms with van der Waals surface area (Å²) in [6.07, 6.45) is 0.626. The lowest BCUT2D eigenvalue weighted by molar-refractivity contribution is -0.146. The number of aliphatic carboxylic acids is 1. The number of aliphatic hydroxyl groups is 1. The largest absolute Gasteiger partial charge is 0.481 e. The van der Waals surface area contributed by atoms with Gasteiger partial charge < -0.3 is 10.2 Å². The standard InChI is InChI=1S/C13H16ClFO3/c1-2-3-4-11(13(17)18)12(16)8-5-9(14)7-10(15)6-8/h5-7,11-12,16H,2-4H2,1H3,(H,17,18). The van der Waals surface area contributed by atoms with Gasteiger partial charge in [0.05, 0.1) is 12.0 Å². The summed E-state index contributed by atoms with van der Waals surface area (Å²) < 4.78 is 13.2. The molecule has 0 bridgehead atoms. The average molecular weight is 275 g/mol. The highest BCUT2D eigenvalue weighted by molar-refractivity contribution is 6.30. The van der Waals surface area contributed by atoms with E-state index in [0.29, 0.717) is 12.8 Å². The minimum absolute atomic E-state index is 0.142. The highest BCUT2D eigenvalue weighted by atomic mass is 35.5. The Hall–Kier alpha value is -1.13. The van der Waals surface area contributed by atoms with Crippen LogP contribution in [0.3, 0.4) is 0 Å². The first-order valence-electron chi connectivity index (χ1n) is 5.82. The van der Waals surface area contributed by atoms with Gasteiger partial charge in [-0.1, -0.05) is 31.4 Å². The third-order valence-electron chi connectivity index (χ3n) is 2.79. The Kier molecular flexibility index (Phi) is 5.56. The third kappa shape index (κ3) is 3.96. The summed E-state index contributed by atoms with van der Waals surface area (Å²) in [5, 5.41) is 19.2. The number of carboxylic acids is 1. The molecule has 0 saturated heterocycles. The third-order valence-corrected chi connectivity index (χ3v) is 3.01. The van der Waals surface area contributed by atoms with Crippen LogP contribution in [0.2, 0.25) is 5.02 Å². The first-order chi connectivity index (χ1) is 8.45. The van der Waals surface area contributed by atoms with Gasteiger partial charge in [0.1, 0.15) is 5.82 Å². The zero-order valence-corrected chi connectivity index (χ0v) is 10.8. The van der Waals surface area contributed by atoms with Gasteiger partial charge >= 0.3 is 5.97 Å². The van der Waals surface area contributed by atoms with Crippen LogP contribution in [-0.4, -0.2) is 16.2 Å². The Balaban J connectivity index is 2.93. The van der Waals surface area contributed by atoms with Crippen molar-refractivity contribution in [2.24, 2.45) is 5.92 Å². The second kappa shape index (κ2) is 6.71. The van der Waals surface area contributed by atoms with E-state index in [1.165, 1.54) is 6.07 Å². The molecule has 1 aromatic rings. The molecule has 2 atom stereocenters. The molecule has 3 nitrogen and oxygen atoms in total. The molecule has 5 heteroatoms. The number of hydrogen-bond donors (Lipinski definition) is 2. The molecular weight excluding hydrogens is 259 g/mol. The van der Waals surface area contributed by atoms with Crippen molar-refractivity contribution in [3.63, 3.8) is 0 Å². The number of hydrogen-bond acceptors (Lipinski definition) is 2. The number of carbonyl (C=O) groups is 1. The van der Waals surface area contributed by atoms with Gasteiger partial charge in [-0.05, 0) is 30.2 Å². The second-order valence-electron chi connectivity index (χ2n) is 4.23. The van der Waals surface area contributed by atoms with Gasteiger partial charge in [-0.25, -0.2) is 4.39 Å². The maximum Gasteiger partial charge on any atom is 0.309 e. The minimum atomic E-state index is -1.25. The van der Waals surface area contributed by atoms with Crippen LogP contribution in [0.25, 0.3) is 0 Å². The first kappa shape index (κ1) is 14.9. The number of rotatable bonds is 6. The lowest BCUT2D eigenvalue weighted by Crippen LogP contribution is -2.22. The normalized spacial score (nSPS) is 14.2. The summed E-state index contributed by atoms with van der Waals surface area (Å²) in [5.41, 5.74) is 0.198. The molecule has 2 N–H and O–H groups in total. The van der Waals surface area contributed by atoms with Crippen molar-refractivity contribution in [3.8, 4) is 0 Å². The Morgan fingerprint density at radius 2 is 2.11 bits per heavy atom. The predicted octanol–water partition coefficient (Wildman–Crippen LogP) is 3.40. The summed E-state index contributed by atoms with van der Waals surface area (Å²) >= 11 is 5.68. The van der Waals surface area contributed by atoms with Crippen molar-refractivity contribution in [3.05, 3.63) is 34.6 Å². The monoisotopic (exact) mass is 274 g/mol. The predicted molar refractivity (Wildman–Crippen MR) is 67.0 cm³/mol. The summed E-state index contributed by atoms with van der Waals surface area (Å²) in [6.45, 7) is 1.93. The van der Waals surface area contributed by atoms with Gasteiger partial charge in [0.25, 0.3) is 0 Å². The number of unbranched alkanes of at least 4 members (excludes halogenated alkanes) is 1. The lowest BCUT2D eigenvalue weighted by Gasteiger charge is -2.19. The van der Waals surface area contributed by atoms with Crippen molar-refractivity contribution >= 4 is 17.6 Å². The van der Waals surface area contributed by atoms with Gasteiger partial charge in [-0.2, -0.15) is 0 Å². The molecule has 0 aliphatic rings. The minimum Gasteiger partial charge on any atom is -0.481 e. The number of benzene rings is 1. The van der Waals surface area contributed by atoms with E-state index >= 15 is 0 Å². The van der Waals surface area contributed by atoms with E-state index in [2.05, 4.69) is 0 Å². The average Bonchev–Trinajstić information content (AvgIpc) is 2.27. The molecule has 0 amide bonds. The van der Waals surface area contributed by atoms with E-state index in [4.69, 9.17) is 16.7 Å². The van der Waals surface area contributed by atoms with E-state index < -0.39 is 23.8 Å². The van der Waals surface area contributed by atoms with Crippen molar-refractivity contribution in [2.75, 3.05) is 0 Å². The molecule has 0 spiro atoms. The van der Waals surface area contributed by atoms with E-state index in [9.17, 15) is 14.3 Å². The molecular formula is C13H16ClFO3. The molecule has 0 fully saturated rings. The van der Waals surface area contributed by atoms with E-state index in [0.717, 1.165) is 18.6 Å². The second-order valence-corrected chi connectivity index (χ2v) is 4.67. The molecule has 1 aromatic carbocycles. The molecule has 0 saturated carbocycles. The van der Waals surface area contributed by atoms with Crippen molar-refractivity contribution < 1.29 is 19.4 Å². The van der Waals surface area contributed by atoms with Crippen LogP contribution in [0.5, 0.6) is 0 Å². The Morgan fingerprint density at radius 1 is 1.44 bits per heavy atom. The van der Waals surface area contributed by atoms with Gasteiger partial charge in [-0.3, -0.25) is 4.79 Å². The Bertz CT molecular complexity index is 402. The van der Waals surface area contributed by atoms with E-state index in [1.54, 1.807) is 0 Å². The van der Waals surface area contributed by atoms with Crippen LogP contribution >= 0.6 is 11.6 Å². The van der Waals surface area contributed by atoms with Gasteiger partial charge in [0.15, 0.2) is 0 Å². The molecule has 0 aliphatic carbocycles. The maximum atomic E-state index is 13.2. The summed E-state index contributed by atoms with van der Waals surface area (Å²) in [7, 11) is 0. The van der Waals surface area contributed by atoms with Gasteiger partial charge in [-0.15, -0.1) is 0 Å². The quantitative estimate of drug-likeness (QED) is 0.836. The van der Waals surface area contributed by atoms with Crippen molar-refractivity contribution in [1.82, 2.24) is 0 Å². The van der Waals surface area contributed by atoms with Crippen LogP contribution in [0.4, 0.5) is 4.39 Å². The number of halogens is 2. The maximum absolute atomic E-state index is 13.2. The highest BCUT2D eigenvalue weighted by Gasteiger charge is 2.27. The fraction of sp³-hybridized carbons (Fsp3) is 0.462. The SMILES string of the molecule is CCCCC(C(=O)O)C(O)c1cc(F)cc(Cl)c1. The molecule has 0 heterocycles. The molecule has 18 heavy (non-hydrogen) atoms. The lowest BCUT2D eigenvalue weighted by atomic mass is 9.91. The van der Waals surface area contributed by atoms with E-state index in [-0.39, 0.29) is 10.6 Å². The summed E-state index contributed by atoms with van der Waals surface area (Å²) in [6, 6.07) is 3.61. The topological polar surface area (TPSA) is 57.5 Å². The zero-order chi connectivity index (χ0) is 13.7.